The second-order valence-corrected chi connectivity index (χ2v) is 10.9. The predicted molar refractivity (Wildman–Crippen MR) is 165 cm³/mol. The molecule has 6 heteroatoms. The predicted octanol–water partition coefficient (Wildman–Crippen LogP) is 8.71. The van der Waals surface area contributed by atoms with Gasteiger partial charge in [0.05, 0.1) is 26.8 Å². The molecule has 0 spiro atoms. The van der Waals surface area contributed by atoms with Gasteiger partial charge in [-0.25, -0.2) is 9.97 Å². The number of nitrogens with zero attached hydrogens (tertiary/aromatic N) is 5. The van der Waals surface area contributed by atoms with E-state index in [2.05, 4.69) is 76.3 Å². The fraction of sp³-hybridized carbons (Fsp3) is 0. The van der Waals surface area contributed by atoms with E-state index >= 15 is 0 Å². The lowest BCUT2D eigenvalue weighted by molar-refractivity contribution is 1.01. The second kappa shape index (κ2) is 8.15. The summed E-state index contributed by atoms with van der Waals surface area (Å²) < 4.78 is 4.68. The molecule has 4 aromatic carbocycles. The van der Waals surface area contributed by atoms with Crippen molar-refractivity contribution < 1.29 is 0 Å². The summed E-state index contributed by atoms with van der Waals surface area (Å²) in [7, 11) is 0. The maximum atomic E-state index is 5.22. The van der Waals surface area contributed by atoms with Crippen LogP contribution in [-0.2, 0) is 0 Å². The van der Waals surface area contributed by atoms with E-state index in [9.17, 15) is 0 Å². The number of fused-ring (bicyclic) bond motifs is 11. The van der Waals surface area contributed by atoms with Gasteiger partial charge in [0, 0.05) is 38.8 Å². The molecule has 9 aromatic rings. The topological polar surface area (TPSA) is 56.5 Å². The first-order valence-corrected chi connectivity index (χ1v) is 14.0. The van der Waals surface area contributed by atoms with Crippen molar-refractivity contribution >= 4 is 75.3 Å². The summed E-state index contributed by atoms with van der Waals surface area (Å²) in [4.78, 5) is 19.9. The summed E-state index contributed by atoms with van der Waals surface area (Å²) in [5.74, 6) is 0.612. The normalized spacial score (nSPS) is 12.0. The average molecular weight is 530 g/mol. The van der Waals surface area contributed by atoms with Gasteiger partial charge in [-0.2, -0.15) is 0 Å². The maximum Gasteiger partial charge on any atom is 0.236 e. The third-order valence-electron chi connectivity index (χ3n) is 7.69. The Kier molecular flexibility index (Phi) is 4.42. The molecule has 0 radical (unpaired) electrons. The third-order valence-corrected chi connectivity index (χ3v) is 8.87. The number of thiophene rings is 1. The van der Waals surface area contributed by atoms with E-state index in [4.69, 9.17) is 15.0 Å². The Bertz CT molecular complexity index is 2440. The van der Waals surface area contributed by atoms with Gasteiger partial charge in [0.25, 0.3) is 0 Å². The lowest BCUT2D eigenvalue weighted by Crippen LogP contribution is -2.04. The molecule has 0 fully saturated rings. The number of rotatable bonds is 2. The van der Waals surface area contributed by atoms with Gasteiger partial charge >= 0.3 is 0 Å². The van der Waals surface area contributed by atoms with Crippen LogP contribution in [0.3, 0.4) is 0 Å². The smallest absolute Gasteiger partial charge is 0.236 e. The highest BCUT2D eigenvalue weighted by Crippen LogP contribution is 2.47. The highest BCUT2D eigenvalue weighted by Gasteiger charge is 2.24. The molecule has 0 atom stereocenters. The summed E-state index contributed by atoms with van der Waals surface area (Å²) in [5, 5.41) is 6.07. The molecule has 5 nitrogen and oxygen atoms in total. The first-order valence-electron chi connectivity index (χ1n) is 13.2. The molecule has 5 heterocycles. The van der Waals surface area contributed by atoms with Crippen LogP contribution in [0.25, 0.3) is 81.1 Å². The highest BCUT2D eigenvalue weighted by molar-refractivity contribution is 7.27. The standard InChI is InChI=1S/C34H19N5S/c1-2-10-20(11-3-1)29-30-24(15-8-18-35-30)37-34(38-29)39-25-16-9-19-36-31(25)28-22-13-5-4-12-21(22)27-23-14-6-7-17-26(23)40-33(27)32(28)39/h1-19H. The number of benzene rings is 4. The van der Waals surface area contributed by atoms with Crippen LogP contribution < -0.4 is 0 Å². The van der Waals surface area contributed by atoms with E-state index in [0.717, 1.165) is 44.2 Å². The molecule has 5 aromatic heterocycles. The largest absolute Gasteiger partial charge is 0.275 e. The number of hydrogen-bond acceptors (Lipinski definition) is 5. The zero-order valence-corrected chi connectivity index (χ0v) is 21.9. The van der Waals surface area contributed by atoms with Crippen molar-refractivity contribution in [3.8, 4) is 17.2 Å². The molecular formula is C34H19N5S. The monoisotopic (exact) mass is 529 g/mol. The van der Waals surface area contributed by atoms with Crippen LogP contribution in [0.15, 0.2) is 116 Å². The van der Waals surface area contributed by atoms with Crippen LogP contribution in [-0.4, -0.2) is 24.5 Å². The third kappa shape index (κ3) is 2.91. The fourth-order valence-corrected chi connectivity index (χ4v) is 7.30. The first-order chi connectivity index (χ1) is 19.9. The lowest BCUT2D eigenvalue weighted by atomic mass is 10.00. The van der Waals surface area contributed by atoms with Crippen LogP contribution >= 0.6 is 11.3 Å². The van der Waals surface area contributed by atoms with Crippen molar-refractivity contribution in [2.75, 3.05) is 0 Å². The summed E-state index contributed by atoms with van der Waals surface area (Å²) in [6.45, 7) is 0. The summed E-state index contributed by atoms with van der Waals surface area (Å²) in [6, 6.07) is 35.6. The molecule has 0 aliphatic heterocycles. The fourth-order valence-electron chi connectivity index (χ4n) is 6.04. The minimum atomic E-state index is 0.612. The zero-order valence-electron chi connectivity index (χ0n) is 21.1. The van der Waals surface area contributed by atoms with Gasteiger partial charge in [0.15, 0.2) is 0 Å². The Hall–Kier alpha value is -5.20. The molecular weight excluding hydrogens is 510 g/mol. The van der Waals surface area contributed by atoms with E-state index in [0.29, 0.717) is 5.95 Å². The van der Waals surface area contributed by atoms with Crippen molar-refractivity contribution in [3.05, 3.63) is 116 Å². The van der Waals surface area contributed by atoms with E-state index in [1.807, 2.05) is 53.9 Å². The van der Waals surface area contributed by atoms with Gasteiger partial charge in [0.2, 0.25) is 5.95 Å². The van der Waals surface area contributed by atoms with Crippen molar-refractivity contribution in [2.24, 2.45) is 0 Å². The van der Waals surface area contributed by atoms with Crippen molar-refractivity contribution in [3.63, 3.8) is 0 Å². The molecule has 0 amide bonds. The highest BCUT2D eigenvalue weighted by atomic mass is 32.1. The Morgan fingerprint density at radius 2 is 1.27 bits per heavy atom. The number of pyridine rings is 2. The number of aromatic nitrogens is 5. The van der Waals surface area contributed by atoms with Crippen molar-refractivity contribution in [2.45, 2.75) is 0 Å². The average Bonchev–Trinajstić information content (AvgIpc) is 3.58. The van der Waals surface area contributed by atoms with Gasteiger partial charge in [-0.3, -0.25) is 14.5 Å². The van der Waals surface area contributed by atoms with Gasteiger partial charge in [0.1, 0.15) is 11.2 Å². The Labute approximate surface area is 232 Å². The Morgan fingerprint density at radius 3 is 2.12 bits per heavy atom. The maximum absolute atomic E-state index is 5.22. The van der Waals surface area contributed by atoms with Gasteiger partial charge in [-0.1, -0.05) is 72.8 Å². The van der Waals surface area contributed by atoms with E-state index in [-0.39, 0.29) is 0 Å². The van der Waals surface area contributed by atoms with Crippen LogP contribution in [0.4, 0.5) is 0 Å². The summed E-state index contributed by atoms with van der Waals surface area (Å²) in [5.41, 5.74) is 6.43. The molecule has 0 saturated heterocycles. The summed E-state index contributed by atoms with van der Waals surface area (Å²) >= 11 is 1.82. The SMILES string of the molecule is c1ccc(-c2nc(-n3c4cccnc4c4c5ccccc5c5c6ccccc6sc5c43)nc3cccnc23)cc1. The van der Waals surface area contributed by atoms with Crippen LogP contribution in [0.5, 0.6) is 0 Å². The molecule has 0 bridgehead atoms. The minimum absolute atomic E-state index is 0.612. The van der Waals surface area contributed by atoms with E-state index < -0.39 is 0 Å². The molecule has 0 aliphatic rings. The quantitative estimate of drug-likeness (QED) is 0.225. The Balaban J connectivity index is 1.54. The van der Waals surface area contributed by atoms with E-state index in [1.165, 1.54) is 30.9 Å². The van der Waals surface area contributed by atoms with Gasteiger partial charge in [-0.15, -0.1) is 11.3 Å². The molecule has 0 N–H and O–H groups in total. The summed E-state index contributed by atoms with van der Waals surface area (Å²) in [6.07, 6.45) is 3.67. The lowest BCUT2D eigenvalue weighted by Gasteiger charge is -2.12. The Morgan fingerprint density at radius 1 is 0.575 bits per heavy atom. The van der Waals surface area contributed by atoms with Gasteiger partial charge < -0.3 is 0 Å². The first kappa shape index (κ1) is 21.7. The van der Waals surface area contributed by atoms with E-state index in [1.54, 1.807) is 6.20 Å². The van der Waals surface area contributed by atoms with Crippen molar-refractivity contribution in [1.82, 2.24) is 24.5 Å². The van der Waals surface area contributed by atoms with Crippen LogP contribution in [0.2, 0.25) is 0 Å². The number of hydrogen-bond donors (Lipinski definition) is 0. The molecule has 0 unspecified atom stereocenters. The second-order valence-electron chi connectivity index (χ2n) is 9.89. The molecule has 40 heavy (non-hydrogen) atoms. The molecule has 0 saturated carbocycles. The van der Waals surface area contributed by atoms with Gasteiger partial charge in [-0.05, 0) is 41.1 Å². The van der Waals surface area contributed by atoms with Crippen molar-refractivity contribution in [1.29, 1.82) is 0 Å². The minimum Gasteiger partial charge on any atom is -0.275 e. The molecule has 9 rings (SSSR count). The zero-order chi connectivity index (χ0) is 26.2. The molecule has 186 valence electrons. The van der Waals surface area contributed by atoms with Crippen LogP contribution in [0.1, 0.15) is 0 Å². The van der Waals surface area contributed by atoms with Crippen LogP contribution in [0, 0.1) is 0 Å². The molecule has 0 aliphatic carbocycles.